The fourth-order valence-electron chi connectivity index (χ4n) is 1.21. The van der Waals surface area contributed by atoms with E-state index >= 15 is 0 Å². The molecule has 0 aliphatic heterocycles. The molecule has 0 bridgehead atoms. The fraction of sp³-hybridized carbons (Fsp3) is 0.300. The summed E-state index contributed by atoms with van der Waals surface area (Å²) in [5, 5.41) is 9.60. The fourth-order valence-corrected chi connectivity index (χ4v) is 1.97. The molecule has 0 aliphatic rings. The highest BCUT2D eigenvalue weighted by Gasteiger charge is 2.19. The van der Waals surface area contributed by atoms with Gasteiger partial charge in [0.05, 0.1) is 0 Å². The molecule has 0 fully saturated rings. The van der Waals surface area contributed by atoms with Crippen LogP contribution in [-0.2, 0) is 10.7 Å². The molecule has 1 rings (SSSR count). The topological polar surface area (TPSA) is 37.3 Å². The summed E-state index contributed by atoms with van der Waals surface area (Å²) < 4.78 is 0. The molecule has 0 aliphatic carbocycles. The molecule has 1 N–H and O–H groups in total. The Kier molecular flexibility index (Phi) is 3.96. The number of carbonyl (C=O) groups is 1. The van der Waals surface area contributed by atoms with E-state index in [2.05, 4.69) is 15.9 Å². The summed E-state index contributed by atoms with van der Waals surface area (Å²) in [7, 11) is 0. The monoisotopic (exact) mass is 276 g/mol. The number of halogens is 2. The van der Waals surface area contributed by atoms with Crippen molar-refractivity contribution in [1.82, 2.24) is 0 Å². The molecule has 1 aromatic rings. The van der Waals surface area contributed by atoms with Crippen LogP contribution >= 0.6 is 27.5 Å². The first kappa shape index (κ1) is 11.5. The number of aromatic hydroxyl groups is 1. The summed E-state index contributed by atoms with van der Waals surface area (Å²) >= 11 is 8.93. The average Bonchev–Trinajstić information content (AvgIpc) is 2.16. The molecule has 1 aromatic carbocycles. The molecule has 1 unspecified atom stereocenters. The van der Waals surface area contributed by atoms with E-state index < -0.39 is 4.83 Å². The normalized spacial score (nSPS) is 12.5. The third-order valence-electron chi connectivity index (χ3n) is 1.93. The molecule has 0 heterocycles. The van der Waals surface area contributed by atoms with Gasteiger partial charge in [0.25, 0.3) is 0 Å². The quantitative estimate of drug-likeness (QED) is 0.862. The van der Waals surface area contributed by atoms with Gasteiger partial charge in [0.15, 0.2) is 0 Å². The molecule has 0 amide bonds. The maximum atomic E-state index is 11.2. The molecule has 0 saturated carbocycles. The lowest BCUT2D eigenvalue weighted by molar-refractivity contribution is -0.116. The predicted octanol–water partition coefficient (Wildman–Crippen LogP) is 3.16. The first-order valence-electron chi connectivity index (χ1n) is 4.09. The Bertz CT molecular complexity index is 352. The zero-order chi connectivity index (χ0) is 10.7. The number of phenolic OH excluding ortho intramolecular Hbond substituents is 1. The van der Waals surface area contributed by atoms with Gasteiger partial charge >= 0.3 is 0 Å². The standard InChI is InChI=1S/C10H10BrClO2/c1-6(13)10(11)9-7(5-12)3-2-4-8(9)14/h2-4,10,14H,5H2,1H3. The Hall–Kier alpha value is -0.540. The number of Topliss-reactive ketones (excluding diaryl/α,β-unsaturated/α-hetero) is 1. The van der Waals surface area contributed by atoms with Crippen molar-refractivity contribution in [3.63, 3.8) is 0 Å². The molecule has 0 aromatic heterocycles. The molecule has 4 heteroatoms. The van der Waals surface area contributed by atoms with E-state index in [1.54, 1.807) is 18.2 Å². The third kappa shape index (κ3) is 2.28. The molecule has 76 valence electrons. The molecule has 0 saturated heterocycles. The molecule has 0 radical (unpaired) electrons. The molecular formula is C10H10BrClO2. The Morgan fingerprint density at radius 1 is 1.64 bits per heavy atom. The van der Waals surface area contributed by atoms with Crippen molar-refractivity contribution in [1.29, 1.82) is 0 Å². The second kappa shape index (κ2) is 4.80. The number of alkyl halides is 2. The van der Waals surface area contributed by atoms with E-state index in [0.29, 0.717) is 5.56 Å². The average molecular weight is 278 g/mol. The van der Waals surface area contributed by atoms with Crippen LogP contribution in [0.3, 0.4) is 0 Å². The van der Waals surface area contributed by atoms with E-state index in [9.17, 15) is 9.90 Å². The number of benzene rings is 1. The summed E-state index contributed by atoms with van der Waals surface area (Å²) in [6, 6.07) is 5.04. The van der Waals surface area contributed by atoms with Gasteiger partial charge in [-0.05, 0) is 18.6 Å². The van der Waals surface area contributed by atoms with Crippen molar-refractivity contribution < 1.29 is 9.90 Å². The van der Waals surface area contributed by atoms with Crippen molar-refractivity contribution in [2.45, 2.75) is 17.6 Å². The van der Waals surface area contributed by atoms with E-state index in [1.165, 1.54) is 6.92 Å². The Labute approximate surface area is 96.0 Å². The minimum atomic E-state index is -0.488. The highest BCUT2D eigenvalue weighted by Crippen LogP contribution is 2.34. The van der Waals surface area contributed by atoms with Gasteiger partial charge in [0.2, 0.25) is 0 Å². The van der Waals surface area contributed by atoms with Gasteiger partial charge in [-0.2, -0.15) is 0 Å². The van der Waals surface area contributed by atoms with Crippen LogP contribution in [0.4, 0.5) is 0 Å². The van der Waals surface area contributed by atoms with Gasteiger partial charge in [-0.1, -0.05) is 28.1 Å². The van der Waals surface area contributed by atoms with Crippen molar-refractivity contribution in [3.8, 4) is 5.75 Å². The van der Waals surface area contributed by atoms with Crippen LogP contribution in [0.25, 0.3) is 0 Å². The summed E-state index contributed by atoms with van der Waals surface area (Å²) in [6.07, 6.45) is 0. The number of hydrogen-bond donors (Lipinski definition) is 1. The van der Waals surface area contributed by atoms with Gasteiger partial charge in [-0.3, -0.25) is 4.79 Å². The van der Waals surface area contributed by atoms with Gasteiger partial charge in [0, 0.05) is 11.4 Å². The zero-order valence-corrected chi connectivity index (χ0v) is 9.97. The minimum absolute atomic E-state index is 0.0575. The number of ketones is 1. The predicted molar refractivity (Wildman–Crippen MR) is 60.0 cm³/mol. The van der Waals surface area contributed by atoms with Crippen LogP contribution in [0.15, 0.2) is 18.2 Å². The maximum Gasteiger partial charge on any atom is 0.147 e. The third-order valence-corrected chi connectivity index (χ3v) is 3.32. The Morgan fingerprint density at radius 3 is 2.79 bits per heavy atom. The second-order valence-corrected chi connectivity index (χ2v) is 4.14. The maximum absolute atomic E-state index is 11.2. The van der Waals surface area contributed by atoms with Crippen LogP contribution in [0.5, 0.6) is 5.75 Å². The van der Waals surface area contributed by atoms with Crippen LogP contribution in [0, 0.1) is 0 Å². The largest absolute Gasteiger partial charge is 0.508 e. The van der Waals surface area contributed by atoms with Crippen LogP contribution < -0.4 is 0 Å². The summed E-state index contributed by atoms with van der Waals surface area (Å²) in [5.41, 5.74) is 1.33. The van der Waals surface area contributed by atoms with Crippen LogP contribution in [0.2, 0.25) is 0 Å². The van der Waals surface area contributed by atoms with Gasteiger partial charge < -0.3 is 5.11 Å². The first-order chi connectivity index (χ1) is 6.57. The molecule has 1 atom stereocenters. The van der Waals surface area contributed by atoms with E-state index in [4.69, 9.17) is 11.6 Å². The van der Waals surface area contributed by atoms with Crippen molar-refractivity contribution in [3.05, 3.63) is 29.3 Å². The number of phenols is 1. The molecule has 14 heavy (non-hydrogen) atoms. The summed E-state index contributed by atoms with van der Waals surface area (Å²) in [6.45, 7) is 1.46. The highest BCUT2D eigenvalue weighted by atomic mass is 79.9. The first-order valence-corrected chi connectivity index (χ1v) is 5.54. The number of rotatable bonds is 3. The van der Waals surface area contributed by atoms with Crippen molar-refractivity contribution >= 4 is 33.3 Å². The molecular weight excluding hydrogens is 267 g/mol. The summed E-state index contributed by atoms with van der Waals surface area (Å²) in [5.74, 6) is 0.317. The van der Waals surface area contributed by atoms with Gasteiger partial charge in [0.1, 0.15) is 16.4 Å². The van der Waals surface area contributed by atoms with Gasteiger partial charge in [-0.15, -0.1) is 11.6 Å². The van der Waals surface area contributed by atoms with Crippen molar-refractivity contribution in [2.24, 2.45) is 0 Å². The number of carbonyl (C=O) groups excluding carboxylic acids is 1. The second-order valence-electron chi connectivity index (χ2n) is 2.96. The minimum Gasteiger partial charge on any atom is -0.508 e. The lowest BCUT2D eigenvalue weighted by Gasteiger charge is -2.12. The van der Waals surface area contributed by atoms with Gasteiger partial charge in [-0.25, -0.2) is 0 Å². The molecule has 2 nitrogen and oxygen atoms in total. The van der Waals surface area contributed by atoms with E-state index in [-0.39, 0.29) is 17.4 Å². The Balaban J connectivity index is 3.23. The SMILES string of the molecule is CC(=O)C(Br)c1c(O)cccc1CCl. The smallest absolute Gasteiger partial charge is 0.147 e. The summed E-state index contributed by atoms with van der Waals surface area (Å²) in [4.78, 5) is 10.7. The lowest BCUT2D eigenvalue weighted by atomic mass is 10.0. The van der Waals surface area contributed by atoms with E-state index in [1.807, 2.05) is 0 Å². The molecule has 0 spiro atoms. The van der Waals surface area contributed by atoms with Crippen LogP contribution in [-0.4, -0.2) is 10.9 Å². The highest BCUT2D eigenvalue weighted by molar-refractivity contribution is 9.09. The lowest BCUT2D eigenvalue weighted by Crippen LogP contribution is -2.04. The Morgan fingerprint density at radius 2 is 2.29 bits per heavy atom. The van der Waals surface area contributed by atoms with Crippen LogP contribution in [0.1, 0.15) is 22.9 Å². The van der Waals surface area contributed by atoms with E-state index in [0.717, 1.165) is 5.56 Å². The van der Waals surface area contributed by atoms with Crippen molar-refractivity contribution in [2.75, 3.05) is 0 Å². The zero-order valence-electron chi connectivity index (χ0n) is 7.63. The number of hydrogen-bond acceptors (Lipinski definition) is 2.